The Hall–Kier alpha value is -2.38. The summed E-state index contributed by atoms with van der Waals surface area (Å²) in [6.45, 7) is 3.92. The molecule has 4 rings (SSSR count). The molecule has 1 aliphatic carbocycles. The van der Waals surface area contributed by atoms with Crippen molar-refractivity contribution in [1.82, 2.24) is 20.4 Å². The number of nitrogens with zero attached hydrogens (tertiary/aromatic N) is 2. The quantitative estimate of drug-likeness (QED) is 0.677. The summed E-state index contributed by atoms with van der Waals surface area (Å²) in [6, 6.07) is 9.49. The maximum Gasteiger partial charge on any atom is 0.236 e. The zero-order valence-corrected chi connectivity index (χ0v) is 18.1. The zero-order valence-electron chi connectivity index (χ0n) is 17.4. The van der Waals surface area contributed by atoms with Crippen LogP contribution in [0.2, 0.25) is 5.02 Å². The van der Waals surface area contributed by atoms with Crippen LogP contribution in [0.25, 0.3) is 0 Å². The number of amides is 2. The molecule has 30 heavy (non-hydrogen) atoms. The lowest BCUT2D eigenvalue weighted by atomic mass is 9.78. The predicted octanol–water partition coefficient (Wildman–Crippen LogP) is 3.64. The van der Waals surface area contributed by atoms with Crippen LogP contribution in [0.3, 0.4) is 0 Å². The van der Waals surface area contributed by atoms with Crippen molar-refractivity contribution < 1.29 is 9.59 Å². The van der Waals surface area contributed by atoms with Crippen LogP contribution in [-0.4, -0.2) is 27.6 Å². The fourth-order valence-electron chi connectivity index (χ4n) is 4.59. The van der Waals surface area contributed by atoms with Gasteiger partial charge >= 0.3 is 0 Å². The second kappa shape index (κ2) is 8.40. The lowest BCUT2D eigenvalue weighted by Crippen LogP contribution is -2.53. The third-order valence-corrected chi connectivity index (χ3v) is 6.50. The predicted molar refractivity (Wildman–Crippen MR) is 116 cm³/mol. The molecular weight excluding hydrogens is 402 g/mol. The number of hydrogen-bond acceptors (Lipinski definition) is 4. The summed E-state index contributed by atoms with van der Waals surface area (Å²) < 4.78 is 1.66. The minimum atomic E-state index is -0.581. The summed E-state index contributed by atoms with van der Waals surface area (Å²) in [5.41, 5.74) is 1.18. The first-order chi connectivity index (χ1) is 14.4. The minimum Gasteiger partial charge on any atom is -0.322 e. The van der Waals surface area contributed by atoms with Gasteiger partial charge in [-0.2, -0.15) is 5.10 Å². The Labute approximate surface area is 181 Å². The third-order valence-electron chi connectivity index (χ3n) is 6.25. The molecule has 2 amide bonds. The van der Waals surface area contributed by atoms with Gasteiger partial charge in [-0.05, 0) is 43.9 Å². The van der Waals surface area contributed by atoms with Crippen LogP contribution >= 0.6 is 11.6 Å². The van der Waals surface area contributed by atoms with E-state index in [9.17, 15) is 9.59 Å². The number of aromatic nitrogens is 2. The van der Waals surface area contributed by atoms with Crippen LogP contribution in [0.1, 0.15) is 63.0 Å². The number of carbonyl (C=O) groups is 2. The molecule has 1 aromatic heterocycles. The Morgan fingerprint density at radius 2 is 2.00 bits per heavy atom. The largest absolute Gasteiger partial charge is 0.322 e. The maximum atomic E-state index is 13.6. The van der Waals surface area contributed by atoms with Gasteiger partial charge < -0.3 is 10.6 Å². The van der Waals surface area contributed by atoms with Crippen LogP contribution in [0.4, 0.5) is 5.82 Å². The standard InChI is InChI=1S/C22H28ClN5O2/c1-3-17-13-19(29)26-21(24-17)28-18(12-14(2)27-28)25-20(30)22(10-4-5-11-22)15-6-8-16(23)9-7-15/h6-9,12,17,21,24H,3-5,10-11,13H2,1-2H3,(H,25,30)(H,26,29). The molecule has 8 heteroatoms. The van der Waals surface area contributed by atoms with Crippen LogP contribution in [0.15, 0.2) is 30.3 Å². The van der Waals surface area contributed by atoms with Gasteiger partial charge in [0.2, 0.25) is 11.8 Å². The van der Waals surface area contributed by atoms with Crippen molar-refractivity contribution in [3.8, 4) is 0 Å². The molecule has 160 valence electrons. The topological polar surface area (TPSA) is 88.1 Å². The van der Waals surface area contributed by atoms with Gasteiger partial charge in [0.15, 0.2) is 6.29 Å². The Bertz CT molecular complexity index is 934. The van der Waals surface area contributed by atoms with E-state index in [4.69, 9.17) is 11.6 Å². The molecule has 7 nitrogen and oxygen atoms in total. The normalized spacial score (nSPS) is 23.2. The van der Waals surface area contributed by atoms with E-state index in [0.29, 0.717) is 17.3 Å². The molecule has 2 aromatic rings. The highest BCUT2D eigenvalue weighted by atomic mass is 35.5. The van der Waals surface area contributed by atoms with Crippen LogP contribution in [0.5, 0.6) is 0 Å². The molecule has 0 spiro atoms. The van der Waals surface area contributed by atoms with E-state index in [1.165, 1.54) is 0 Å². The molecule has 3 N–H and O–H groups in total. The van der Waals surface area contributed by atoms with Gasteiger partial charge in [0.05, 0.1) is 11.1 Å². The molecule has 0 radical (unpaired) electrons. The number of rotatable bonds is 5. The lowest BCUT2D eigenvalue weighted by molar-refractivity contribution is -0.125. The summed E-state index contributed by atoms with van der Waals surface area (Å²) in [5.74, 6) is 0.509. The number of hydrogen-bond donors (Lipinski definition) is 3. The summed E-state index contributed by atoms with van der Waals surface area (Å²) in [7, 11) is 0. The summed E-state index contributed by atoms with van der Waals surface area (Å²) in [6.07, 6.45) is 4.39. The van der Waals surface area contributed by atoms with Gasteiger partial charge in [-0.3, -0.25) is 14.9 Å². The number of benzene rings is 1. The monoisotopic (exact) mass is 429 g/mol. The SMILES string of the molecule is CCC1CC(=O)NC(n2nc(C)cc2NC(=O)C2(c3ccc(Cl)cc3)CCCC2)N1. The highest BCUT2D eigenvalue weighted by molar-refractivity contribution is 6.30. The molecule has 2 aliphatic rings. The maximum absolute atomic E-state index is 13.6. The first kappa shape index (κ1) is 20.9. The summed E-state index contributed by atoms with van der Waals surface area (Å²) in [5, 5.41) is 14.6. The van der Waals surface area contributed by atoms with Crippen molar-refractivity contribution in [1.29, 1.82) is 0 Å². The van der Waals surface area contributed by atoms with Gasteiger partial charge in [-0.15, -0.1) is 0 Å². The Morgan fingerprint density at radius 1 is 1.30 bits per heavy atom. The zero-order chi connectivity index (χ0) is 21.3. The van der Waals surface area contributed by atoms with E-state index >= 15 is 0 Å². The second-order valence-corrected chi connectivity index (χ2v) is 8.75. The number of carbonyl (C=O) groups excluding carboxylic acids is 2. The average molecular weight is 430 g/mol. The Morgan fingerprint density at radius 3 is 2.67 bits per heavy atom. The summed E-state index contributed by atoms with van der Waals surface area (Å²) in [4.78, 5) is 25.7. The van der Waals surface area contributed by atoms with Gasteiger partial charge in [-0.25, -0.2) is 4.68 Å². The average Bonchev–Trinajstić information content (AvgIpc) is 3.36. The Kier molecular flexibility index (Phi) is 5.84. The van der Waals surface area contributed by atoms with Crippen molar-refractivity contribution in [2.45, 2.75) is 70.1 Å². The van der Waals surface area contributed by atoms with E-state index in [2.05, 4.69) is 21.0 Å². The van der Waals surface area contributed by atoms with Gasteiger partial charge in [-0.1, -0.05) is 43.5 Å². The van der Waals surface area contributed by atoms with Crippen molar-refractivity contribution in [3.63, 3.8) is 0 Å². The first-order valence-electron chi connectivity index (χ1n) is 10.6. The molecule has 1 aliphatic heterocycles. The lowest BCUT2D eigenvalue weighted by Gasteiger charge is -2.33. The molecule has 2 atom stereocenters. The number of halogens is 1. The van der Waals surface area contributed by atoms with Crippen molar-refractivity contribution >= 4 is 29.2 Å². The Balaban J connectivity index is 1.61. The van der Waals surface area contributed by atoms with E-state index in [1.54, 1.807) is 4.68 Å². The minimum absolute atomic E-state index is 0.0237. The van der Waals surface area contributed by atoms with Crippen LogP contribution < -0.4 is 16.0 Å². The van der Waals surface area contributed by atoms with E-state index < -0.39 is 11.7 Å². The van der Waals surface area contributed by atoms with E-state index in [0.717, 1.165) is 43.4 Å². The fraction of sp³-hybridized carbons (Fsp3) is 0.500. The molecular formula is C22H28ClN5O2. The molecule has 2 fully saturated rings. The highest BCUT2D eigenvalue weighted by Gasteiger charge is 2.43. The van der Waals surface area contributed by atoms with Crippen LogP contribution in [0, 0.1) is 6.92 Å². The molecule has 1 aromatic carbocycles. The molecule has 2 unspecified atom stereocenters. The van der Waals surface area contributed by atoms with Gasteiger partial charge in [0, 0.05) is 23.6 Å². The molecule has 1 saturated carbocycles. The first-order valence-corrected chi connectivity index (χ1v) is 11.0. The van der Waals surface area contributed by atoms with Gasteiger partial charge in [0.25, 0.3) is 0 Å². The third kappa shape index (κ3) is 3.96. The van der Waals surface area contributed by atoms with E-state index in [1.807, 2.05) is 44.2 Å². The number of aryl methyl sites for hydroxylation is 1. The smallest absolute Gasteiger partial charge is 0.236 e. The number of nitrogens with one attached hydrogen (secondary N) is 3. The molecule has 1 saturated heterocycles. The second-order valence-electron chi connectivity index (χ2n) is 8.31. The number of anilines is 1. The summed E-state index contributed by atoms with van der Waals surface area (Å²) >= 11 is 6.06. The molecule has 0 bridgehead atoms. The van der Waals surface area contributed by atoms with Gasteiger partial charge in [0.1, 0.15) is 5.82 Å². The fourth-order valence-corrected chi connectivity index (χ4v) is 4.72. The molecule has 2 heterocycles. The van der Waals surface area contributed by atoms with Crippen molar-refractivity contribution in [2.75, 3.05) is 5.32 Å². The highest BCUT2D eigenvalue weighted by Crippen LogP contribution is 2.42. The van der Waals surface area contributed by atoms with Crippen molar-refractivity contribution in [3.05, 3.63) is 46.6 Å². The van der Waals surface area contributed by atoms with Crippen LogP contribution in [-0.2, 0) is 15.0 Å². The van der Waals surface area contributed by atoms with Crippen molar-refractivity contribution in [2.24, 2.45) is 0 Å². The van der Waals surface area contributed by atoms with E-state index in [-0.39, 0.29) is 17.9 Å².